The summed E-state index contributed by atoms with van der Waals surface area (Å²) in [6.45, 7) is 9.15. The first-order valence-corrected chi connectivity index (χ1v) is 9.78. The van der Waals surface area contributed by atoms with E-state index in [0.29, 0.717) is 6.10 Å². The van der Waals surface area contributed by atoms with Crippen molar-refractivity contribution in [1.29, 1.82) is 0 Å². The summed E-state index contributed by atoms with van der Waals surface area (Å²) in [6, 6.07) is 4.48. The average Bonchev–Trinajstić information content (AvgIpc) is 3.14. The van der Waals surface area contributed by atoms with Crippen LogP contribution in [-0.2, 0) is 20.8 Å². The summed E-state index contributed by atoms with van der Waals surface area (Å²) >= 11 is 1.91. The minimum absolute atomic E-state index is 0.0599. The first-order chi connectivity index (χ1) is 12.6. The van der Waals surface area contributed by atoms with Gasteiger partial charge in [-0.3, -0.25) is 4.90 Å². The predicted octanol–water partition coefficient (Wildman–Crippen LogP) is 3.85. The lowest BCUT2D eigenvalue weighted by molar-refractivity contribution is -0.192. The highest BCUT2D eigenvalue weighted by atomic mass is 32.1. The molecule has 0 radical (unpaired) electrons. The van der Waals surface area contributed by atoms with Crippen LogP contribution in [0.25, 0.3) is 0 Å². The quantitative estimate of drug-likeness (QED) is 0.819. The Labute approximate surface area is 161 Å². The van der Waals surface area contributed by atoms with Crippen molar-refractivity contribution in [3.63, 3.8) is 0 Å². The molecule has 2 saturated heterocycles. The minimum Gasteiger partial charge on any atom is -0.475 e. The van der Waals surface area contributed by atoms with E-state index in [4.69, 9.17) is 19.4 Å². The lowest BCUT2D eigenvalue weighted by Gasteiger charge is -2.39. The molecule has 0 unspecified atom stereocenters. The van der Waals surface area contributed by atoms with E-state index in [-0.39, 0.29) is 5.60 Å². The second-order valence-corrected chi connectivity index (χ2v) is 8.28. The van der Waals surface area contributed by atoms with Gasteiger partial charge in [-0.1, -0.05) is 0 Å². The number of hydrogen-bond donors (Lipinski definition) is 1. The Bertz CT molecular complexity index is 622. The lowest BCUT2D eigenvalue weighted by atomic mass is 9.89. The largest absolute Gasteiger partial charge is 0.490 e. The summed E-state index contributed by atoms with van der Waals surface area (Å²) in [5.41, 5.74) is 0.0599. The number of nitrogens with zero attached hydrogens (tertiary/aromatic N) is 1. The fourth-order valence-electron chi connectivity index (χ4n) is 3.55. The zero-order valence-corrected chi connectivity index (χ0v) is 16.4. The van der Waals surface area contributed by atoms with E-state index in [0.717, 1.165) is 32.7 Å². The van der Waals surface area contributed by atoms with Gasteiger partial charge in [0.15, 0.2) is 0 Å². The first kappa shape index (κ1) is 22.1. The smallest absolute Gasteiger partial charge is 0.475 e. The topological polar surface area (TPSA) is 59.0 Å². The number of carboxylic acids is 1. The van der Waals surface area contributed by atoms with Crippen LogP contribution in [0.1, 0.15) is 35.9 Å². The number of piperidine rings is 1. The summed E-state index contributed by atoms with van der Waals surface area (Å²) in [4.78, 5) is 14.3. The molecule has 0 aliphatic carbocycles. The number of carbonyl (C=O) groups is 1. The molecular weight excluding hydrogens is 383 g/mol. The van der Waals surface area contributed by atoms with E-state index in [2.05, 4.69) is 30.9 Å². The van der Waals surface area contributed by atoms with Crippen LogP contribution in [0.5, 0.6) is 0 Å². The van der Waals surface area contributed by atoms with Gasteiger partial charge in [0, 0.05) is 35.9 Å². The van der Waals surface area contributed by atoms with Gasteiger partial charge in [0.1, 0.15) is 0 Å². The molecule has 0 bridgehead atoms. The van der Waals surface area contributed by atoms with Gasteiger partial charge >= 0.3 is 12.1 Å². The Balaban J connectivity index is 0.000000321. The SMILES string of the molecule is CCO[C@@H]1CO[C@@]2(CCCN(Cc3ccc(C)s3)C2)C1.O=C(O)C(F)(F)F. The maximum atomic E-state index is 10.6. The van der Waals surface area contributed by atoms with E-state index >= 15 is 0 Å². The zero-order valence-electron chi connectivity index (χ0n) is 15.6. The molecule has 0 amide bonds. The molecule has 0 saturated carbocycles. The monoisotopic (exact) mass is 409 g/mol. The second-order valence-electron chi connectivity index (χ2n) is 6.90. The Kier molecular flexibility index (Phi) is 7.67. The van der Waals surface area contributed by atoms with E-state index < -0.39 is 12.1 Å². The van der Waals surface area contributed by atoms with Crippen molar-refractivity contribution in [1.82, 2.24) is 4.90 Å². The van der Waals surface area contributed by atoms with Crippen LogP contribution in [0.4, 0.5) is 13.2 Å². The van der Waals surface area contributed by atoms with Crippen LogP contribution in [0.2, 0.25) is 0 Å². The number of rotatable bonds is 4. The van der Waals surface area contributed by atoms with E-state index in [1.165, 1.54) is 29.1 Å². The van der Waals surface area contributed by atoms with Crippen LogP contribution in [-0.4, -0.2) is 60.2 Å². The Morgan fingerprint density at radius 1 is 1.48 bits per heavy atom. The molecule has 1 spiro atoms. The molecule has 1 aromatic rings. The van der Waals surface area contributed by atoms with Gasteiger partial charge in [-0.15, -0.1) is 11.3 Å². The van der Waals surface area contributed by atoms with Crippen LogP contribution in [0.3, 0.4) is 0 Å². The van der Waals surface area contributed by atoms with Crippen LogP contribution < -0.4 is 0 Å². The molecule has 1 N–H and O–H groups in total. The molecule has 2 aliphatic rings. The summed E-state index contributed by atoms with van der Waals surface area (Å²) in [5, 5.41) is 7.12. The van der Waals surface area contributed by atoms with Gasteiger partial charge in [0.25, 0.3) is 0 Å². The number of ether oxygens (including phenoxy) is 2. The van der Waals surface area contributed by atoms with Crippen molar-refractivity contribution in [2.45, 2.75) is 57.5 Å². The Hall–Kier alpha value is -1.16. The van der Waals surface area contributed by atoms with E-state index in [9.17, 15) is 13.2 Å². The molecule has 27 heavy (non-hydrogen) atoms. The van der Waals surface area contributed by atoms with Crippen LogP contribution in [0.15, 0.2) is 12.1 Å². The molecule has 3 heterocycles. The van der Waals surface area contributed by atoms with Gasteiger partial charge in [-0.05, 0) is 45.4 Å². The van der Waals surface area contributed by atoms with E-state index in [1.807, 2.05) is 11.3 Å². The number of alkyl halides is 3. The summed E-state index contributed by atoms with van der Waals surface area (Å²) in [5.74, 6) is -2.76. The molecule has 154 valence electrons. The summed E-state index contributed by atoms with van der Waals surface area (Å²) in [6.07, 6.45) is -1.27. The van der Waals surface area contributed by atoms with Crippen molar-refractivity contribution in [3.8, 4) is 0 Å². The Morgan fingerprint density at radius 3 is 2.74 bits per heavy atom. The number of thiophene rings is 1. The third kappa shape index (κ3) is 6.74. The molecule has 2 fully saturated rings. The normalized spacial score (nSPS) is 26.0. The maximum Gasteiger partial charge on any atom is 0.490 e. The zero-order chi connectivity index (χ0) is 20.1. The third-order valence-electron chi connectivity index (χ3n) is 4.61. The number of carboxylic acid groups (broad SMARTS) is 1. The average molecular weight is 409 g/mol. The highest BCUT2D eigenvalue weighted by molar-refractivity contribution is 7.11. The van der Waals surface area contributed by atoms with Gasteiger partial charge < -0.3 is 14.6 Å². The molecule has 3 rings (SSSR count). The summed E-state index contributed by atoms with van der Waals surface area (Å²) < 4.78 is 43.6. The van der Waals surface area contributed by atoms with Crippen molar-refractivity contribution >= 4 is 17.3 Å². The minimum atomic E-state index is -5.08. The van der Waals surface area contributed by atoms with Gasteiger partial charge in [-0.2, -0.15) is 13.2 Å². The number of aryl methyl sites for hydroxylation is 1. The fraction of sp³-hybridized carbons (Fsp3) is 0.722. The highest BCUT2D eigenvalue weighted by Crippen LogP contribution is 2.36. The Morgan fingerprint density at radius 2 is 2.19 bits per heavy atom. The maximum absolute atomic E-state index is 10.6. The number of halogens is 3. The lowest BCUT2D eigenvalue weighted by Crippen LogP contribution is -2.47. The van der Waals surface area contributed by atoms with Gasteiger partial charge in [0.2, 0.25) is 0 Å². The molecule has 1 aromatic heterocycles. The molecule has 9 heteroatoms. The van der Waals surface area contributed by atoms with Gasteiger partial charge in [0.05, 0.1) is 18.3 Å². The standard InChI is InChI=1S/C16H25NO2S.C2HF3O2/c1-3-18-14-9-16(19-11-14)7-4-8-17(12-16)10-15-6-5-13(2)20-15;3-2(4,5)1(6)7/h5-6,14H,3-4,7-12H2,1-2H3;(H,6,7)/t14-,16-;/m0./s1. The van der Waals surface area contributed by atoms with Crippen molar-refractivity contribution in [2.24, 2.45) is 0 Å². The molecule has 5 nitrogen and oxygen atoms in total. The van der Waals surface area contributed by atoms with Gasteiger partial charge in [-0.25, -0.2) is 4.79 Å². The van der Waals surface area contributed by atoms with Crippen molar-refractivity contribution in [3.05, 3.63) is 21.9 Å². The van der Waals surface area contributed by atoms with Crippen molar-refractivity contribution < 1.29 is 32.5 Å². The fourth-order valence-corrected chi connectivity index (χ4v) is 4.48. The second kappa shape index (κ2) is 9.36. The number of hydrogen-bond acceptors (Lipinski definition) is 5. The number of likely N-dealkylation sites (tertiary alicyclic amines) is 1. The third-order valence-corrected chi connectivity index (χ3v) is 5.60. The predicted molar refractivity (Wildman–Crippen MR) is 96.0 cm³/mol. The highest BCUT2D eigenvalue weighted by Gasteiger charge is 2.43. The van der Waals surface area contributed by atoms with Crippen LogP contribution in [0, 0.1) is 6.92 Å². The van der Waals surface area contributed by atoms with E-state index in [1.54, 1.807) is 0 Å². The molecular formula is C18H26F3NO4S. The first-order valence-electron chi connectivity index (χ1n) is 8.97. The van der Waals surface area contributed by atoms with Crippen LogP contribution >= 0.6 is 11.3 Å². The number of aliphatic carboxylic acids is 1. The molecule has 2 atom stereocenters. The van der Waals surface area contributed by atoms with Crippen molar-refractivity contribution in [2.75, 3.05) is 26.3 Å². The molecule has 0 aromatic carbocycles. The molecule has 2 aliphatic heterocycles. The summed E-state index contributed by atoms with van der Waals surface area (Å²) in [7, 11) is 0.